The molecule has 0 aromatic heterocycles. The molecule has 0 fully saturated rings. The summed E-state index contributed by atoms with van der Waals surface area (Å²) in [6, 6.07) is 6.04. The van der Waals surface area contributed by atoms with Crippen molar-refractivity contribution in [2.24, 2.45) is 0 Å². The van der Waals surface area contributed by atoms with Crippen LogP contribution in [0.5, 0.6) is 0 Å². The molecule has 0 N–H and O–H groups in total. The molecule has 1 aromatic rings. The van der Waals surface area contributed by atoms with Crippen molar-refractivity contribution in [2.45, 2.75) is 32.6 Å². The molecule has 0 atom stereocenters. The third kappa shape index (κ3) is 3.15. The Bertz CT molecular complexity index is 318. The maximum absolute atomic E-state index is 10.2. The van der Waals surface area contributed by atoms with E-state index in [1.54, 1.807) is 0 Å². The fourth-order valence-electron chi connectivity index (χ4n) is 1.38. The number of hydrogen-bond donors (Lipinski definition) is 0. The van der Waals surface area contributed by atoms with E-state index >= 15 is 0 Å². The lowest BCUT2D eigenvalue weighted by molar-refractivity contribution is -0.107. The van der Waals surface area contributed by atoms with Gasteiger partial charge < -0.3 is 4.79 Å². The first kappa shape index (κ1) is 11.3. The molecule has 0 aliphatic heterocycles. The fourth-order valence-corrected chi connectivity index (χ4v) is 1.64. The van der Waals surface area contributed by atoms with Gasteiger partial charge in [-0.2, -0.15) is 0 Å². The molecule has 0 saturated carbocycles. The zero-order valence-corrected chi connectivity index (χ0v) is 9.34. The van der Waals surface area contributed by atoms with Gasteiger partial charge in [0.25, 0.3) is 0 Å². The number of hydrogen-bond acceptors (Lipinski definition) is 1. The predicted molar refractivity (Wildman–Crippen MR) is 59.9 cm³/mol. The second-order valence-electron chi connectivity index (χ2n) is 3.75. The van der Waals surface area contributed by atoms with Gasteiger partial charge in [-0.1, -0.05) is 31.5 Å². The lowest BCUT2D eigenvalue weighted by atomic mass is 9.99. The summed E-state index contributed by atoms with van der Waals surface area (Å²) in [5, 5.41) is 0.761. The summed E-state index contributed by atoms with van der Waals surface area (Å²) in [6.45, 7) is 4.27. The van der Waals surface area contributed by atoms with E-state index in [4.69, 9.17) is 11.6 Å². The van der Waals surface area contributed by atoms with Crippen molar-refractivity contribution < 1.29 is 4.79 Å². The average Bonchev–Trinajstić information content (AvgIpc) is 2.14. The van der Waals surface area contributed by atoms with Crippen molar-refractivity contribution in [3.05, 3.63) is 34.3 Å². The summed E-state index contributed by atoms with van der Waals surface area (Å²) in [5.74, 6) is 0.476. The number of carbonyl (C=O) groups is 1. The molecular weight excluding hydrogens is 196 g/mol. The van der Waals surface area contributed by atoms with Crippen molar-refractivity contribution in [3.63, 3.8) is 0 Å². The highest BCUT2D eigenvalue weighted by Crippen LogP contribution is 2.22. The summed E-state index contributed by atoms with van der Waals surface area (Å²) >= 11 is 5.98. The zero-order valence-electron chi connectivity index (χ0n) is 8.59. The Kier molecular flexibility index (Phi) is 4.15. The molecule has 0 bridgehead atoms. The van der Waals surface area contributed by atoms with Crippen LogP contribution in [0.15, 0.2) is 18.2 Å². The van der Waals surface area contributed by atoms with Crippen LogP contribution in [0.1, 0.15) is 37.3 Å². The summed E-state index contributed by atoms with van der Waals surface area (Å²) in [7, 11) is 0. The summed E-state index contributed by atoms with van der Waals surface area (Å²) < 4.78 is 0. The summed E-state index contributed by atoms with van der Waals surface area (Å²) in [4.78, 5) is 10.2. The van der Waals surface area contributed by atoms with Crippen LogP contribution in [0.3, 0.4) is 0 Å². The van der Waals surface area contributed by atoms with Gasteiger partial charge >= 0.3 is 0 Å². The minimum atomic E-state index is 0.476. The Morgan fingerprint density at radius 1 is 1.36 bits per heavy atom. The van der Waals surface area contributed by atoms with Crippen LogP contribution < -0.4 is 0 Å². The molecule has 76 valence electrons. The lowest BCUT2D eigenvalue weighted by Gasteiger charge is -2.08. The first-order chi connectivity index (χ1) is 6.63. The molecular formula is C12H15ClO. The minimum Gasteiger partial charge on any atom is -0.303 e. The average molecular weight is 211 g/mol. The summed E-state index contributed by atoms with van der Waals surface area (Å²) in [6.07, 6.45) is 2.29. The zero-order chi connectivity index (χ0) is 10.6. The van der Waals surface area contributed by atoms with E-state index in [2.05, 4.69) is 19.9 Å². The van der Waals surface area contributed by atoms with Crippen LogP contribution in [-0.4, -0.2) is 6.29 Å². The molecule has 1 aromatic carbocycles. The Labute approximate surface area is 90.1 Å². The minimum absolute atomic E-state index is 0.476. The number of aldehydes is 1. The molecule has 0 saturated heterocycles. The van der Waals surface area contributed by atoms with Crippen molar-refractivity contribution in [1.82, 2.24) is 0 Å². The Morgan fingerprint density at radius 2 is 2.07 bits per heavy atom. The standard InChI is InChI=1S/C12H15ClO/c1-9(2)11-6-10(4-3-5-14)7-12(13)8-11/h5-9H,3-4H2,1-2H3. The maximum Gasteiger partial charge on any atom is 0.120 e. The van der Waals surface area contributed by atoms with Crippen LogP contribution >= 0.6 is 11.6 Å². The van der Waals surface area contributed by atoms with E-state index in [1.807, 2.05) is 12.1 Å². The highest BCUT2D eigenvalue weighted by atomic mass is 35.5. The smallest absolute Gasteiger partial charge is 0.120 e. The first-order valence-corrected chi connectivity index (χ1v) is 5.24. The quantitative estimate of drug-likeness (QED) is 0.695. The van der Waals surface area contributed by atoms with Crippen LogP contribution in [0.25, 0.3) is 0 Å². The van der Waals surface area contributed by atoms with E-state index < -0.39 is 0 Å². The molecule has 1 rings (SSSR count). The van der Waals surface area contributed by atoms with Crippen molar-refractivity contribution >= 4 is 17.9 Å². The van der Waals surface area contributed by atoms with Crippen molar-refractivity contribution in [2.75, 3.05) is 0 Å². The molecule has 0 heterocycles. The lowest BCUT2D eigenvalue weighted by Crippen LogP contribution is -1.92. The van der Waals surface area contributed by atoms with Gasteiger partial charge in [0.1, 0.15) is 6.29 Å². The van der Waals surface area contributed by atoms with E-state index in [1.165, 1.54) is 5.56 Å². The van der Waals surface area contributed by atoms with E-state index in [0.717, 1.165) is 23.3 Å². The van der Waals surface area contributed by atoms with Gasteiger partial charge in [-0.25, -0.2) is 0 Å². The molecule has 0 amide bonds. The number of aryl methyl sites for hydroxylation is 1. The monoisotopic (exact) mass is 210 g/mol. The summed E-state index contributed by atoms with van der Waals surface area (Å²) in [5.41, 5.74) is 2.38. The molecule has 0 spiro atoms. The van der Waals surface area contributed by atoms with Gasteiger partial charge in [-0.05, 0) is 35.6 Å². The number of halogens is 1. The maximum atomic E-state index is 10.2. The topological polar surface area (TPSA) is 17.1 Å². The van der Waals surface area contributed by atoms with Gasteiger partial charge in [-0.15, -0.1) is 0 Å². The van der Waals surface area contributed by atoms with Crippen LogP contribution in [0.2, 0.25) is 5.02 Å². The number of carbonyl (C=O) groups excluding carboxylic acids is 1. The Morgan fingerprint density at radius 3 is 2.64 bits per heavy atom. The van der Waals surface area contributed by atoms with Gasteiger partial charge in [-0.3, -0.25) is 0 Å². The Hall–Kier alpha value is -0.820. The van der Waals surface area contributed by atoms with E-state index in [0.29, 0.717) is 12.3 Å². The van der Waals surface area contributed by atoms with Gasteiger partial charge in [0.05, 0.1) is 0 Å². The number of benzene rings is 1. The second kappa shape index (κ2) is 5.16. The van der Waals surface area contributed by atoms with Gasteiger partial charge in [0, 0.05) is 11.4 Å². The Balaban J connectivity index is 2.89. The fraction of sp³-hybridized carbons (Fsp3) is 0.417. The largest absolute Gasteiger partial charge is 0.303 e. The van der Waals surface area contributed by atoms with Gasteiger partial charge in [0.2, 0.25) is 0 Å². The van der Waals surface area contributed by atoms with Crippen molar-refractivity contribution in [3.8, 4) is 0 Å². The van der Waals surface area contributed by atoms with E-state index in [-0.39, 0.29) is 0 Å². The molecule has 0 unspecified atom stereocenters. The van der Waals surface area contributed by atoms with Crippen LogP contribution in [-0.2, 0) is 11.2 Å². The SMILES string of the molecule is CC(C)c1cc(Cl)cc(CCC=O)c1. The third-order valence-electron chi connectivity index (χ3n) is 2.20. The van der Waals surface area contributed by atoms with Crippen molar-refractivity contribution in [1.29, 1.82) is 0 Å². The van der Waals surface area contributed by atoms with Crippen LogP contribution in [0.4, 0.5) is 0 Å². The molecule has 0 aliphatic carbocycles. The highest BCUT2D eigenvalue weighted by Gasteiger charge is 2.03. The third-order valence-corrected chi connectivity index (χ3v) is 2.42. The molecule has 1 nitrogen and oxygen atoms in total. The molecule has 0 aliphatic rings. The second-order valence-corrected chi connectivity index (χ2v) is 4.19. The van der Waals surface area contributed by atoms with Crippen LogP contribution in [0, 0.1) is 0 Å². The van der Waals surface area contributed by atoms with Gasteiger partial charge in [0.15, 0.2) is 0 Å². The van der Waals surface area contributed by atoms with E-state index in [9.17, 15) is 4.79 Å². The molecule has 0 radical (unpaired) electrons. The first-order valence-electron chi connectivity index (χ1n) is 4.86. The molecule has 2 heteroatoms. The highest BCUT2D eigenvalue weighted by molar-refractivity contribution is 6.30. The molecule has 14 heavy (non-hydrogen) atoms. The number of rotatable bonds is 4. The normalized spacial score (nSPS) is 10.6. The predicted octanol–water partition coefficient (Wildman–Crippen LogP) is 3.59.